The zero-order chi connectivity index (χ0) is 25.0. The Morgan fingerprint density at radius 3 is 1.97 bits per heavy atom. The van der Waals surface area contributed by atoms with Gasteiger partial charge in [0.15, 0.2) is 5.65 Å². The summed E-state index contributed by atoms with van der Waals surface area (Å²) in [4.78, 5) is 21.1. The Bertz CT molecular complexity index is 1330. The maximum absolute atomic E-state index is 4.31. The van der Waals surface area contributed by atoms with Gasteiger partial charge in [-0.3, -0.25) is 15.0 Å². The molecular weight excluding hydrogens is 430 g/mol. The first kappa shape index (κ1) is 25.4. The zero-order valence-corrected chi connectivity index (χ0v) is 21.0. The van der Waals surface area contributed by atoms with Crippen LogP contribution in [0.15, 0.2) is 97.5 Å². The molecule has 0 spiro atoms. The van der Waals surface area contributed by atoms with E-state index in [1.807, 2.05) is 101 Å². The summed E-state index contributed by atoms with van der Waals surface area (Å²) < 4.78 is 0. The van der Waals surface area contributed by atoms with Crippen LogP contribution in [0.1, 0.15) is 30.9 Å². The number of aromatic nitrogens is 5. The molecule has 1 aromatic carbocycles. The summed E-state index contributed by atoms with van der Waals surface area (Å²) in [6.45, 7) is 9.95. The number of fused-ring (bicyclic) bond motifs is 3. The third-order valence-corrected chi connectivity index (χ3v) is 4.97. The molecule has 0 saturated carbocycles. The number of rotatable bonds is 0. The van der Waals surface area contributed by atoms with Crippen LogP contribution in [0, 0.1) is 20.8 Å². The third kappa shape index (κ3) is 7.37. The molecule has 5 aromatic heterocycles. The fourth-order valence-electron chi connectivity index (χ4n) is 3.30. The maximum atomic E-state index is 4.31. The Kier molecular flexibility index (Phi) is 9.31. The van der Waals surface area contributed by atoms with E-state index in [0.29, 0.717) is 0 Å². The highest BCUT2D eigenvalue weighted by Crippen LogP contribution is 2.12. The van der Waals surface area contributed by atoms with Gasteiger partial charge in [-0.2, -0.15) is 0 Å². The molecule has 0 N–H and O–H groups in total. The van der Waals surface area contributed by atoms with E-state index in [2.05, 4.69) is 43.1 Å². The summed E-state index contributed by atoms with van der Waals surface area (Å²) in [7, 11) is 0. The summed E-state index contributed by atoms with van der Waals surface area (Å²) in [5.41, 5.74) is 5.86. The van der Waals surface area contributed by atoms with E-state index in [4.69, 9.17) is 0 Å². The van der Waals surface area contributed by atoms with Gasteiger partial charge in [-0.25, -0.2) is 9.97 Å². The van der Waals surface area contributed by atoms with Crippen LogP contribution in [0.3, 0.4) is 0 Å². The molecule has 35 heavy (non-hydrogen) atoms. The number of benzene rings is 1. The molecule has 5 nitrogen and oxygen atoms in total. The predicted octanol–water partition coefficient (Wildman–Crippen LogP) is 7.45. The molecule has 0 aliphatic rings. The second kappa shape index (κ2) is 12.8. The Balaban J connectivity index is 0.000000142. The standard InChI is InChI=1S/C10H9N.2C9H8N2.C2H6/c1-8-6-9-4-2-3-5-10(9)7-11-8;1-7-4-5-8-9(11-7)3-2-6-10-8;1-7-4-5-8-3-2-6-10-9(8)11-7;1-2/h2-7H,1H3;2*2-6H,1H3;1-2H3. The summed E-state index contributed by atoms with van der Waals surface area (Å²) in [6.07, 6.45) is 5.44. The van der Waals surface area contributed by atoms with Crippen molar-refractivity contribution in [3.63, 3.8) is 0 Å². The van der Waals surface area contributed by atoms with Crippen molar-refractivity contribution < 1.29 is 0 Å². The van der Waals surface area contributed by atoms with Crippen LogP contribution in [0.2, 0.25) is 0 Å². The number of hydrogen-bond acceptors (Lipinski definition) is 5. The molecule has 0 bridgehead atoms. The molecule has 176 valence electrons. The first-order valence-corrected chi connectivity index (χ1v) is 11.8. The largest absolute Gasteiger partial charge is 0.261 e. The lowest BCUT2D eigenvalue weighted by Gasteiger charge is -1.96. The Hall–Kier alpha value is -4.25. The number of nitrogens with zero attached hydrogens (tertiary/aromatic N) is 5. The summed E-state index contributed by atoms with van der Waals surface area (Å²) in [5, 5.41) is 3.57. The lowest BCUT2D eigenvalue weighted by Crippen LogP contribution is -1.84. The highest BCUT2D eigenvalue weighted by atomic mass is 14.8. The second-order valence-corrected chi connectivity index (χ2v) is 7.67. The van der Waals surface area contributed by atoms with E-state index in [1.54, 1.807) is 12.4 Å². The van der Waals surface area contributed by atoms with Crippen LogP contribution in [-0.4, -0.2) is 24.9 Å². The maximum Gasteiger partial charge on any atom is 0.159 e. The third-order valence-electron chi connectivity index (χ3n) is 4.97. The molecule has 0 unspecified atom stereocenters. The van der Waals surface area contributed by atoms with Gasteiger partial charge in [0.25, 0.3) is 0 Å². The van der Waals surface area contributed by atoms with Crippen LogP contribution in [0.25, 0.3) is 32.8 Å². The lowest BCUT2D eigenvalue weighted by atomic mass is 10.1. The average molecular weight is 462 g/mol. The van der Waals surface area contributed by atoms with Gasteiger partial charge in [0.05, 0.1) is 11.0 Å². The quantitative estimate of drug-likeness (QED) is 0.235. The molecule has 6 aromatic rings. The Labute approximate surface area is 207 Å². The number of hydrogen-bond donors (Lipinski definition) is 0. The minimum Gasteiger partial charge on any atom is -0.261 e. The molecule has 0 atom stereocenters. The number of aryl methyl sites for hydroxylation is 3. The monoisotopic (exact) mass is 461 g/mol. The van der Waals surface area contributed by atoms with Crippen molar-refractivity contribution in [3.8, 4) is 0 Å². The molecule has 0 aliphatic carbocycles. The van der Waals surface area contributed by atoms with E-state index in [0.717, 1.165) is 39.1 Å². The SMILES string of the molecule is CC.Cc1cc2ccccc2cn1.Cc1ccc2cccnc2n1.Cc1ccc2ncccc2n1. The van der Waals surface area contributed by atoms with E-state index in [-0.39, 0.29) is 0 Å². The van der Waals surface area contributed by atoms with Gasteiger partial charge in [0, 0.05) is 46.4 Å². The molecule has 5 heteroatoms. The Morgan fingerprint density at radius 2 is 1.14 bits per heavy atom. The van der Waals surface area contributed by atoms with Gasteiger partial charge >= 0.3 is 0 Å². The molecule has 0 saturated heterocycles. The van der Waals surface area contributed by atoms with Crippen LogP contribution in [0.4, 0.5) is 0 Å². The predicted molar refractivity (Wildman–Crippen MR) is 146 cm³/mol. The average Bonchev–Trinajstić information content (AvgIpc) is 2.90. The van der Waals surface area contributed by atoms with Crippen molar-refractivity contribution >= 4 is 32.8 Å². The van der Waals surface area contributed by atoms with Crippen molar-refractivity contribution in [2.45, 2.75) is 34.6 Å². The highest BCUT2D eigenvalue weighted by molar-refractivity contribution is 5.81. The van der Waals surface area contributed by atoms with Crippen molar-refractivity contribution in [1.29, 1.82) is 0 Å². The van der Waals surface area contributed by atoms with E-state index in [1.165, 1.54) is 10.8 Å². The topological polar surface area (TPSA) is 64.5 Å². The smallest absolute Gasteiger partial charge is 0.159 e. The van der Waals surface area contributed by atoms with Crippen LogP contribution in [-0.2, 0) is 0 Å². The summed E-state index contributed by atoms with van der Waals surface area (Å²) in [5.74, 6) is 0. The fraction of sp³-hybridized carbons (Fsp3) is 0.167. The van der Waals surface area contributed by atoms with E-state index < -0.39 is 0 Å². The first-order chi connectivity index (χ1) is 17.1. The Morgan fingerprint density at radius 1 is 0.486 bits per heavy atom. The van der Waals surface area contributed by atoms with Gasteiger partial charge in [0.1, 0.15) is 0 Å². The van der Waals surface area contributed by atoms with E-state index in [9.17, 15) is 0 Å². The summed E-state index contributed by atoms with van der Waals surface area (Å²) in [6, 6.07) is 26.1. The van der Waals surface area contributed by atoms with E-state index >= 15 is 0 Å². The molecule has 0 fully saturated rings. The summed E-state index contributed by atoms with van der Waals surface area (Å²) >= 11 is 0. The molecule has 6 rings (SSSR count). The van der Waals surface area contributed by atoms with Crippen molar-refractivity contribution in [2.75, 3.05) is 0 Å². The van der Waals surface area contributed by atoms with Crippen molar-refractivity contribution in [3.05, 3.63) is 115 Å². The number of pyridine rings is 5. The molecule has 0 amide bonds. The highest BCUT2D eigenvalue weighted by Gasteiger charge is 1.94. The van der Waals surface area contributed by atoms with Gasteiger partial charge in [-0.1, -0.05) is 38.1 Å². The first-order valence-electron chi connectivity index (χ1n) is 11.8. The lowest BCUT2D eigenvalue weighted by molar-refractivity contribution is 1.20. The molecular formula is C30H31N5. The van der Waals surface area contributed by atoms with Gasteiger partial charge < -0.3 is 0 Å². The van der Waals surface area contributed by atoms with Gasteiger partial charge in [-0.15, -0.1) is 0 Å². The molecule has 0 aliphatic heterocycles. The van der Waals surface area contributed by atoms with Crippen molar-refractivity contribution in [1.82, 2.24) is 24.9 Å². The molecule has 0 radical (unpaired) electrons. The minimum absolute atomic E-state index is 0.826. The normalized spacial score (nSPS) is 9.86. The van der Waals surface area contributed by atoms with Gasteiger partial charge in [-0.05, 0) is 80.8 Å². The second-order valence-electron chi connectivity index (χ2n) is 7.67. The van der Waals surface area contributed by atoms with Crippen molar-refractivity contribution in [2.24, 2.45) is 0 Å². The zero-order valence-electron chi connectivity index (χ0n) is 21.0. The minimum atomic E-state index is 0.826. The van der Waals surface area contributed by atoms with Crippen LogP contribution >= 0.6 is 0 Å². The van der Waals surface area contributed by atoms with Gasteiger partial charge in [0.2, 0.25) is 0 Å². The fourth-order valence-corrected chi connectivity index (χ4v) is 3.30. The molecule has 5 heterocycles. The van der Waals surface area contributed by atoms with Crippen LogP contribution in [0.5, 0.6) is 0 Å². The van der Waals surface area contributed by atoms with Crippen LogP contribution < -0.4 is 0 Å².